The summed E-state index contributed by atoms with van der Waals surface area (Å²) in [6.45, 7) is 8.59. The minimum absolute atomic E-state index is 0.0106. The largest absolute Gasteiger partial charge is 0.379 e. The molecule has 0 fully saturated rings. The van der Waals surface area contributed by atoms with Crippen LogP contribution >= 0.6 is 11.6 Å². The average molecular weight is 193 g/mol. The smallest absolute Gasteiger partial charge is 0.0623 e. The third kappa shape index (κ3) is 5.00. The molecule has 0 radical (unpaired) electrons. The van der Waals surface area contributed by atoms with Crippen molar-refractivity contribution in [1.29, 1.82) is 0 Å². The van der Waals surface area contributed by atoms with Crippen LogP contribution in [-0.2, 0) is 4.74 Å². The Morgan fingerprint density at radius 1 is 1.08 bits per heavy atom. The van der Waals surface area contributed by atoms with Crippen molar-refractivity contribution >= 4 is 11.6 Å². The number of hydrogen-bond donors (Lipinski definition) is 0. The number of ether oxygens (including phenoxy) is 1. The minimum Gasteiger partial charge on any atom is -0.379 e. The van der Waals surface area contributed by atoms with Gasteiger partial charge in [0.2, 0.25) is 0 Å². The highest BCUT2D eigenvalue weighted by molar-refractivity contribution is 6.18. The Balaban J connectivity index is 3.82. The summed E-state index contributed by atoms with van der Waals surface area (Å²) in [5, 5.41) is 0. The maximum absolute atomic E-state index is 5.82. The quantitative estimate of drug-likeness (QED) is 0.607. The first-order chi connectivity index (χ1) is 5.33. The van der Waals surface area contributed by atoms with E-state index in [1.807, 2.05) is 0 Å². The van der Waals surface area contributed by atoms with Gasteiger partial charge in [-0.2, -0.15) is 0 Å². The zero-order valence-corrected chi connectivity index (χ0v) is 9.66. The van der Waals surface area contributed by atoms with Crippen LogP contribution in [0.4, 0.5) is 0 Å². The first kappa shape index (κ1) is 12.2. The van der Waals surface area contributed by atoms with Gasteiger partial charge in [-0.3, -0.25) is 0 Å². The van der Waals surface area contributed by atoms with Gasteiger partial charge in [0.25, 0.3) is 0 Å². The van der Waals surface area contributed by atoms with Gasteiger partial charge in [0.15, 0.2) is 0 Å². The van der Waals surface area contributed by atoms with E-state index in [4.69, 9.17) is 16.3 Å². The van der Waals surface area contributed by atoms with Gasteiger partial charge < -0.3 is 4.74 Å². The predicted molar refractivity (Wildman–Crippen MR) is 54.8 cm³/mol. The van der Waals surface area contributed by atoms with Crippen molar-refractivity contribution in [3.05, 3.63) is 0 Å². The van der Waals surface area contributed by atoms with E-state index in [-0.39, 0.29) is 11.0 Å². The fourth-order valence-corrected chi connectivity index (χ4v) is 0.942. The minimum atomic E-state index is -0.0106. The molecule has 0 N–H and O–H groups in total. The van der Waals surface area contributed by atoms with Gasteiger partial charge in [0.1, 0.15) is 0 Å². The lowest BCUT2D eigenvalue weighted by atomic mass is 9.86. The molecule has 0 aliphatic carbocycles. The number of halogens is 1. The van der Waals surface area contributed by atoms with E-state index < -0.39 is 0 Å². The Hall–Kier alpha value is 0.250. The summed E-state index contributed by atoms with van der Waals surface area (Å²) < 4.78 is 5.33. The number of methoxy groups -OCH3 is 1. The van der Waals surface area contributed by atoms with Crippen molar-refractivity contribution in [3.8, 4) is 0 Å². The monoisotopic (exact) mass is 192 g/mol. The first-order valence-corrected chi connectivity index (χ1v) is 4.97. The highest BCUT2D eigenvalue weighted by Gasteiger charge is 2.23. The fourth-order valence-electron chi connectivity index (χ4n) is 0.808. The second kappa shape index (κ2) is 4.48. The average Bonchev–Trinajstić information content (AvgIpc) is 2.02. The Morgan fingerprint density at radius 2 is 1.58 bits per heavy atom. The highest BCUT2D eigenvalue weighted by Crippen LogP contribution is 2.28. The van der Waals surface area contributed by atoms with Crippen molar-refractivity contribution in [1.82, 2.24) is 0 Å². The lowest BCUT2D eigenvalue weighted by Gasteiger charge is -2.28. The Bertz CT molecular complexity index is 114. The van der Waals surface area contributed by atoms with Crippen LogP contribution in [0.1, 0.15) is 40.5 Å². The van der Waals surface area contributed by atoms with E-state index in [9.17, 15) is 0 Å². The van der Waals surface area contributed by atoms with Gasteiger partial charge in [0.05, 0.1) is 5.60 Å². The van der Waals surface area contributed by atoms with E-state index >= 15 is 0 Å². The Kier molecular flexibility index (Phi) is 4.57. The molecule has 0 unspecified atom stereocenters. The van der Waals surface area contributed by atoms with Gasteiger partial charge >= 0.3 is 0 Å². The molecule has 0 aliphatic rings. The third-order valence-electron chi connectivity index (χ3n) is 2.32. The van der Waals surface area contributed by atoms with E-state index in [0.29, 0.717) is 5.88 Å². The molecule has 0 aliphatic heterocycles. The van der Waals surface area contributed by atoms with Crippen LogP contribution in [0.15, 0.2) is 0 Å². The number of alkyl halides is 1. The van der Waals surface area contributed by atoms with Crippen LogP contribution in [-0.4, -0.2) is 18.6 Å². The molecule has 0 aromatic heterocycles. The maximum Gasteiger partial charge on any atom is 0.0623 e. The summed E-state index contributed by atoms with van der Waals surface area (Å²) in [6.07, 6.45) is 2.17. The summed E-state index contributed by atoms with van der Waals surface area (Å²) in [7, 11) is 1.76. The molecule has 0 amide bonds. The molecule has 1 nitrogen and oxygen atoms in total. The van der Waals surface area contributed by atoms with Crippen molar-refractivity contribution in [2.45, 2.75) is 46.1 Å². The summed E-state index contributed by atoms with van der Waals surface area (Å²) in [6, 6.07) is 0. The van der Waals surface area contributed by atoms with Gasteiger partial charge in [-0.15, -0.1) is 11.6 Å². The summed E-state index contributed by atoms with van der Waals surface area (Å²) in [5.41, 5.74) is 0.223. The molecular weight excluding hydrogens is 172 g/mol. The molecule has 0 saturated carbocycles. The molecule has 0 bridgehead atoms. The zero-order chi connectivity index (χ0) is 9.83. The molecule has 0 aromatic carbocycles. The second-order valence-electron chi connectivity index (χ2n) is 4.76. The number of hydrogen-bond acceptors (Lipinski definition) is 1. The lowest BCUT2D eigenvalue weighted by Crippen LogP contribution is -2.26. The van der Waals surface area contributed by atoms with E-state index in [1.165, 1.54) is 0 Å². The number of rotatable bonds is 5. The normalized spacial score (nSPS) is 13.5. The van der Waals surface area contributed by atoms with Crippen molar-refractivity contribution < 1.29 is 4.74 Å². The molecule has 0 atom stereocenters. The van der Waals surface area contributed by atoms with Crippen LogP contribution in [0, 0.1) is 5.41 Å². The molecule has 0 rings (SSSR count). The van der Waals surface area contributed by atoms with Crippen LogP contribution in [0.3, 0.4) is 0 Å². The summed E-state index contributed by atoms with van der Waals surface area (Å²) >= 11 is 5.82. The molecule has 2 heteroatoms. The van der Waals surface area contributed by atoms with Gasteiger partial charge in [-0.05, 0) is 32.1 Å². The second-order valence-corrected chi connectivity index (χ2v) is 5.03. The van der Waals surface area contributed by atoms with Gasteiger partial charge in [-0.25, -0.2) is 0 Å². The Morgan fingerprint density at radius 3 is 1.92 bits per heavy atom. The summed E-state index contributed by atoms with van der Waals surface area (Å²) in [4.78, 5) is 0. The molecule has 12 heavy (non-hydrogen) atoms. The predicted octanol–water partition coefficient (Wildman–Crippen LogP) is 3.46. The van der Waals surface area contributed by atoms with Crippen LogP contribution in [0.25, 0.3) is 0 Å². The first-order valence-electron chi connectivity index (χ1n) is 4.44. The maximum atomic E-state index is 5.82. The van der Waals surface area contributed by atoms with Gasteiger partial charge in [0, 0.05) is 13.0 Å². The molecule has 0 spiro atoms. The zero-order valence-electron chi connectivity index (χ0n) is 8.91. The van der Waals surface area contributed by atoms with Crippen LogP contribution in [0.5, 0.6) is 0 Å². The van der Waals surface area contributed by atoms with Crippen molar-refractivity contribution in [3.63, 3.8) is 0 Å². The fraction of sp³-hybridized carbons (Fsp3) is 1.00. The SMILES string of the molecule is COC(C)(C)CCC(C)(C)CCl. The molecule has 0 aromatic rings. The van der Waals surface area contributed by atoms with E-state index in [1.54, 1.807) is 7.11 Å². The molecule has 0 heterocycles. The molecule has 0 saturated heterocycles. The Labute approximate surface area is 81.4 Å². The highest BCUT2D eigenvalue weighted by atomic mass is 35.5. The van der Waals surface area contributed by atoms with E-state index in [2.05, 4.69) is 27.7 Å². The standard InChI is InChI=1S/C10H21ClO/c1-9(2,8-11)6-7-10(3,4)12-5/h6-8H2,1-5H3. The van der Waals surface area contributed by atoms with Crippen molar-refractivity contribution in [2.75, 3.05) is 13.0 Å². The third-order valence-corrected chi connectivity index (χ3v) is 3.04. The topological polar surface area (TPSA) is 9.23 Å². The van der Waals surface area contributed by atoms with Gasteiger partial charge in [-0.1, -0.05) is 13.8 Å². The van der Waals surface area contributed by atoms with E-state index in [0.717, 1.165) is 12.8 Å². The van der Waals surface area contributed by atoms with Crippen molar-refractivity contribution in [2.24, 2.45) is 5.41 Å². The van der Waals surface area contributed by atoms with Crippen LogP contribution in [0.2, 0.25) is 0 Å². The lowest BCUT2D eigenvalue weighted by molar-refractivity contribution is 0.00717. The molecule has 74 valence electrons. The molecular formula is C10H21ClO. The van der Waals surface area contributed by atoms with Crippen LogP contribution < -0.4 is 0 Å². The summed E-state index contributed by atoms with van der Waals surface area (Å²) in [5.74, 6) is 0.715.